The van der Waals surface area contributed by atoms with Gasteiger partial charge in [0.15, 0.2) is 5.82 Å². The molecule has 1 saturated heterocycles. The molecule has 2 rings (SSSR count). The second kappa shape index (κ2) is 5.77. The summed E-state index contributed by atoms with van der Waals surface area (Å²) in [5.41, 5.74) is 0. The quantitative estimate of drug-likeness (QED) is 0.801. The average Bonchev–Trinajstić information content (AvgIpc) is 2.82. The zero-order valence-electron chi connectivity index (χ0n) is 10.6. The highest BCUT2D eigenvalue weighted by Gasteiger charge is 2.14. The number of anilines is 2. The number of likely N-dealkylation sites (N-methyl/N-ethyl adjacent to an activating group) is 1. The lowest BCUT2D eigenvalue weighted by molar-refractivity contribution is 0.425. The molecule has 0 amide bonds. The fourth-order valence-electron chi connectivity index (χ4n) is 1.86. The summed E-state index contributed by atoms with van der Waals surface area (Å²) in [6.45, 7) is 3.95. The first-order valence-electron chi connectivity index (χ1n) is 6.09. The number of hydrogen-bond donors (Lipinski definition) is 1. The van der Waals surface area contributed by atoms with Crippen LogP contribution in [-0.4, -0.2) is 60.4 Å². The number of aromatic nitrogens is 3. The first-order valence-corrected chi connectivity index (χ1v) is 6.09. The fraction of sp³-hybridized carbons (Fsp3) is 0.727. The number of nitrogens with zero attached hydrogens (tertiary/aromatic N) is 5. The van der Waals surface area contributed by atoms with Crippen molar-refractivity contribution < 1.29 is 0 Å². The summed E-state index contributed by atoms with van der Waals surface area (Å²) in [6.07, 6.45) is 4.23. The van der Waals surface area contributed by atoms with E-state index in [2.05, 4.69) is 30.3 Å². The summed E-state index contributed by atoms with van der Waals surface area (Å²) < 4.78 is 0. The Morgan fingerprint density at radius 1 is 1.35 bits per heavy atom. The molecular formula is C11H20N6. The molecule has 1 aliphatic rings. The highest BCUT2D eigenvalue weighted by Crippen LogP contribution is 2.16. The van der Waals surface area contributed by atoms with E-state index in [1.54, 1.807) is 6.20 Å². The van der Waals surface area contributed by atoms with Crippen LogP contribution in [0.2, 0.25) is 0 Å². The van der Waals surface area contributed by atoms with E-state index in [1.165, 1.54) is 12.8 Å². The Labute approximate surface area is 102 Å². The molecule has 0 radical (unpaired) electrons. The Balaban J connectivity index is 1.91. The van der Waals surface area contributed by atoms with Gasteiger partial charge >= 0.3 is 0 Å². The summed E-state index contributed by atoms with van der Waals surface area (Å²) in [5.74, 6) is 1.56. The van der Waals surface area contributed by atoms with Gasteiger partial charge in [0.1, 0.15) is 0 Å². The molecule has 0 saturated carbocycles. The number of hydrogen-bond acceptors (Lipinski definition) is 6. The van der Waals surface area contributed by atoms with Crippen molar-refractivity contribution in [3.8, 4) is 0 Å². The van der Waals surface area contributed by atoms with Crippen LogP contribution >= 0.6 is 0 Å². The summed E-state index contributed by atoms with van der Waals surface area (Å²) in [7, 11) is 4.09. The maximum Gasteiger partial charge on any atom is 0.244 e. The average molecular weight is 236 g/mol. The van der Waals surface area contributed by atoms with Crippen molar-refractivity contribution in [2.24, 2.45) is 0 Å². The minimum atomic E-state index is 0.622. The van der Waals surface area contributed by atoms with E-state index >= 15 is 0 Å². The smallest absolute Gasteiger partial charge is 0.244 e. The first kappa shape index (κ1) is 12.0. The van der Waals surface area contributed by atoms with Gasteiger partial charge in [-0.3, -0.25) is 0 Å². The maximum absolute atomic E-state index is 4.47. The lowest BCUT2D eigenvalue weighted by atomic mass is 10.4. The topological polar surface area (TPSA) is 57.2 Å². The van der Waals surface area contributed by atoms with Crippen LogP contribution in [0.3, 0.4) is 0 Å². The van der Waals surface area contributed by atoms with Gasteiger partial charge < -0.3 is 15.1 Å². The highest BCUT2D eigenvalue weighted by molar-refractivity contribution is 5.40. The van der Waals surface area contributed by atoms with Crippen molar-refractivity contribution in [2.75, 3.05) is 50.5 Å². The Morgan fingerprint density at radius 3 is 2.82 bits per heavy atom. The van der Waals surface area contributed by atoms with E-state index in [9.17, 15) is 0 Å². The van der Waals surface area contributed by atoms with Gasteiger partial charge in [-0.15, -0.1) is 5.10 Å². The molecular weight excluding hydrogens is 216 g/mol. The van der Waals surface area contributed by atoms with Gasteiger partial charge in [-0.05, 0) is 26.9 Å². The van der Waals surface area contributed by atoms with Crippen molar-refractivity contribution in [1.29, 1.82) is 0 Å². The predicted molar refractivity (Wildman–Crippen MR) is 68.3 cm³/mol. The van der Waals surface area contributed by atoms with Crippen LogP contribution in [0.4, 0.5) is 11.8 Å². The van der Waals surface area contributed by atoms with Gasteiger partial charge in [0, 0.05) is 26.2 Å². The molecule has 1 aromatic rings. The van der Waals surface area contributed by atoms with Crippen LogP contribution in [0, 0.1) is 0 Å². The monoisotopic (exact) mass is 236 g/mol. The molecule has 17 heavy (non-hydrogen) atoms. The van der Waals surface area contributed by atoms with Crippen LogP contribution in [0.5, 0.6) is 0 Å². The summed E-state index contributed by atoms with van der Waals surface area (Å²) in [6, 6.07) is 0. The minimum absolute atomic E-state index is 0.622. The van der Waals surface area contributed by atoms with Crippen LogP contribution in [-0.2, 0) is 0 Å². The molecule has 1 aromatic heterocycles. The largest absolute Gasteiger partial charge is 0.355 e. The van der Waals surface area contributed by atoms with Crippen LogP contribution in [0.1, 0.15) is 12.8 Å². The summed E-state index contributed by atoms with van der Waals surface area (Å²) in [5, 5.41) is 11.2. The van der Waals surface area contributed by atoms with Gasteiger partial charge in [-0.25, -0.2) is 0 Å². The molecule has 1 N–H and O–H groups in total. The highest BCUT2D eigenvalue weighted by atomic mass is 15.3. The zero-order chi connectivity index (χ0) is 12.1. The van der Waals surface area contributed by atoms with Gasteiger partial charge in [-0.1, -0.05) is 0 Å². The lowest BCUT2D eigenvalue weighted by Crippen LogP contribution is -2.23. The van der Waals surface area contributed by atoms with E-state index in [0.29, 0.717) is 5.95 Å². The maximum atomic E-state index is 4.47. The molecule has 6 heteroatoms. The van der Waals surface area contributed by atoms with E-state index in [1.807, 2.05) is 14.1 Å². The van der Waals surface area contributed by atoms with Gasteiger partial charge in [0.25, 0.3) is 0 Å². The van der Waals surface area contributed by atoms with Gasteiger partial charge in [0.2, 0.25) is 5.95 Å². The van der Waals surface area contributed by atoms with E-state index in [-0.39, 0.29) is 0 Å². The summed E-state index contributed by atoms with van der Waals surface area (Å²) >= 11 is 0. The fourth-order valence-corrected chi connectivity index (χ4v) is 1.86. The first-order chi connectivity index (χ1) is 8.25. The van der Waals surface area contributed by atoms with Crippen LogP contribution in [0.25, 0.3) is 0 Å². The van der Waals surface area contributed by atoms with Crippen LogP contribution < -0.4 is 10.2 Å². The molecule has 0 bridgehead atoms. The lowest BCUT2D eigenvalue weighted by Gasteiger charge is -2.16. The third-order valence-corrected chi connectivity index (χ3v) is 2.82. The third-order valence-electron chi connectivity index (χ3n) is 2.82. The van der Waals surface area contributed by atoms with E-state index in [0.717, 1.165) is 32.0 Å². The van der Waals surface area contributed by atoms with Crippen LogP contribution in [0.15, 0.2) is 6.20 Å². The molecule has 1 aliphatic heterocycles. The SMILES string of the molecule is CN(C)CCNc1nncc(N2CCCC2)n1. The van der Waals surface area contributed by atoms with Gasteiger partial charge in [0.05, 0.1) is 6.20 Å². The second-order valence-corrected chi connectivity index (χ2v) is 4.56. The van der Waals surface area contributed by atoms with E-state index in [4.69, 9.17) is 0 Å². The Kier molecular flexibility index (Phi) is 4.08. The normalized spacial score (nSPS) is 15.6. The minimum Gasteiger partial charge on any atom is -0.355 e. The van der Waals surface area contributed by atoms with Crippen molar-refractivity contribution in [3.63, 3.8) is 0 Å². The second-order valence-electron chi connectivity index (χ2n) is 4.56. The van der Waals surface area contributed by atoms with Gasteiger partial charge in [-0.2, -0.15) is 10.1 Å². The number of rotatable bonds is 5. The Morgan fingerprint density at radius 2 is 2.12 bits per heavy atom. The molecule has 94 valence electrons. The third kappa shape index (κ3) is 3.52. The molecule has 6 nitrogen and oxygen atoms in total. The summed E-state index contributed by atoms with van der Waals surface area (Å²) in [4.78, 5) is 8.85. The zero-order valence-corrected chi connectivity index (χ0v) is 10.6. The Hall–Kier alpha value is -1.43. The molecule has 0 aliphatic carbocycles. The molecule has 1 fully saturated rings. The molecule has 0 aromatic carbocycles. The standard InChI is InChI=1S/C11H20N6/c1-16(2)8-5-12-11-14-10(9-13-15-11)17-6-3-4-7-17/h9H,3-8H2,1-2H3,(H,12,14,15). The molecule has 0 atom stereocenters. The van der Waals surface area contributed by atoms with E-state index < -0.39 is 0 Å². The Bertz CT molecular complexity index is 348. The molecule has 0 unspecified atom stereocenters. The van der Waals surface area contributed by atoms with Crippen molar-refractivity contribution in [2.45, 2.75) is 12.8 Å². The predicted octanol–water partition coefficient (Wildman–Crippen LogP) is 0.445. The van der Waals surface area contributed by atoms with Crippen molar-refractivity contribution in [1.82, 2.24) is 20.1 Å². The van der Waals surface area contributed by atoms with Crippen molar-refractivity contribution in [3.05, 3.63) is 6.20 Å². The molecule has 2 heterocycles. The molecule has 0 spiro atoms. The number of nitrogens with one attached hydrogen (secondary N) is 1. The van der Waals surface area contributed by atoms with Crippen molar-refractivity contribution >= 4 is 11.8 Å².